The maximum Gasteiger partial charge on any atom is 0.260 e. The lowest BCUT2D eigenvalue weighted by Crippen LogP contribution is -2.23. The molecule has 106 valence electrons. The van der Waals surface area contributed by atoms with Gasteiger partial charge in [0.05, 0.1) is 11.3 Å². The minimum Gasteiger partial charge on any atom is -0.397 e. The fourth-order valence-corrected chi connectivity index (χ4v) is 2.80. The minimum atomic E-state index is -0.620. The van der Waals surface area contributed by atoms with Crippen molar-refractivity contribution in [3.8, 4) is 0 Å². The lowest BCUT2D eigenvalue weighted by Gasteiger charge is -2.15. The fraction of sp³-hybridized carbons (Fsp3) is 0.500. The molecule has 19 heavy (non-hydrogen) atoms. The highest BCUT2D eigenvalue weighted by Gasteiger charge is 2.24. The van der Waals surface area contributed by atoms with E-state index >= 15 is 0 Å². The van der Waals surface area contributed by atoms with E-state index in [9.17, 15) is 9.59 Å². The van der Waals surface area contributed by atoms with E-state index in [1.54, 1.807) is 0 Å². The molecule has 6 N–H and O–H groups in total. The molecule has 0 spiro atoms. The summed E-state index contributed by atoms with van der Waals surface area (Å²) in [6.07, 6.45) is 1.82. The first-order chi connectivity index (χ1) is 8.96. The van der Waals surface area contributed by atoms with Crippen LogP contribution in [-0.4, -0.2) is 24.9 Å². The third-order valence-corrected chi connectivity index (χ3v) is 4.10. The number of hydrogen-bond acceptors (Lipinski definition) is 5. The zero-order valence-corrected chi connectivity index (χ0v) is 12.2. The van der Waals surface area contributed by atoms with Gasteiger partial charge < -0.3 is 22.1 Å². The van der Waals surface area contributed by atoms with E-state index in [1.807, 2.05) is 13.8 Å². The standard InChI is InChI=1S/C12H20N4O2S/c1-4-6(5-2)16-12-7(11(18)15-3)8(13)9(19-12)10(14)17/h6,16H,4-5,13H2,1-3H3,(H2,14,17)(H,15,18). The van der Waals surface area contributed by atoms with E-state index in [-0.39, 0.29) is 22.5 Å². The van der Waals surface area contributed by atoms with Gasteiger partial charge in [0.2, 0.25) is 0 Å². The molecule has 7 heteroatoms. The first-order valence-electron chi connectivity index (χ1n) is 6.16. The average molecular weight is 284 g/mol. The van der Waals surface area contributed by atoms with Crippen LogP contribution < -0.4 is 22.1 Å². The van der Waals surface area contributed by atoms with Crippen LogP contribution in [0.4, 0.5) is 10.7 Å². The van der Waals surface area contributed by atoms with Crippen LogP contribution in [0.1, 0.15) is 46.7 Å². The number of carbonyl (C=O) groups is 2. The molecule has 0 aliphatic rings. The van der Waals surface area contributed by atoms with Gasteiger partial charge >= 0.3 is 0 Å². The Morgan fingerprint density at radius 1 is 1.32 bits per heavy atom. The first-order valence-corrected chi connectivity index (χ1v) is 6.98. The van der Waals surface area contributed by atoms with Crippen LogP contribution in [0.15, 0.2) is 0 Å². The largest absolute Gasteiger partial charge is 0.397 e. The maximum atomic E-state index is 11.9. The lowest BCUT2D eigenvalue weighted by atomic mass is 10.1. The molecule has 0 saturated heterocycles. The molecule has 6 nitrogen and oxygen atoms in total. The van der Waals surface area contributed by atoms with Crippen molar-refractivity contribution in [2.24, 2.45) is 5.73 Å². The predicted molar refractivity (Wildman–Crippen MR) is 78.6 cm³/mol. The van der Waals surface area contributed by atoms with Gasteiger partial charge in [-0.3, -0.25) is 9.59 Å². The van der Waals surface area contributed by atoms with Crippen LogP contribution in [0.2, 0.25) is 0 Å². The van der Waals surface area contributed by atoms with Gasteiger partial charge in [0, 0.05) is 13.1 Å². The topological polar surface area (TPSA) is 110 Å². The number of carbonyl (C=O) groups excluding carboxylic acids is 2. The van der Waals surface area contributed by atoms with Gasteiger partial charge in [-0.05, 0) is 12.8 Å². The van der Waals surface area contributed by atoms with Gasteiger partial charge in [-0.25, -0.2) is 0 Å². The second-order valence-electron chi connectivity index (χ2n) is 4.15. The van der Waals surface area contributed by atoms with Crippen molar-refractivity contribution in [2.45, 2.75) is 32.7 Å². The molecular weight excluding hydrogens is 264 g/mol. The zero-order valence-electron chi connectivity index (χ0n) is 11.4. The summed E-state index contributed by atoms with van der Waals surface area (Å²) < 4.78 is 0. The van der Waals surface area contributed by atoms with E-state index < -0.39 is 5.91 Å². The number of nitrogen functional groups attached to an aromatic ring is 1. The van der Waals surface area contributed by atoms with Gasteiger partial charge in [-0.2, -0.15) is 0 Å². The number of anilines is 2. The third-order valence-electron chi connectivity index (χ3n) is 2.94. The molecule has 0 atom stereocenters. The molecule has 0 fully saturated rings. The molecule has 1 heterocycles. The number of nitrogens with two attached hydrogens (primary N) is 2. The second kappa shape index (κ2) is 6.42. The summed E-state index contributed by atoms with van der Waals surface area (Å²) in [7, 11) is 1.52. The molecule has 2 amide bonds. The van der Waals surface area contributed by atoms with E-state index in [0.29, 0.717) is 10.6 Å². The van der Waals surface area contributed by atoms with Crippen LogP contribution in [0.5, 0.6) is 0 Å². The Labute approximate surface area is 116 Å². The Morgan fingerprint density at radius 3 is 2.32 bits per heavy atom. The molecule has 0 radical (unpaired) electrons. The molecule has 0 aliphatic heterocycles. The van der Waals surface area contributed by atoms with Crippen molar-refractivity contribution in [1.29, 1.82) is 0 Å². The van der Waals surface area contributed by atoms with Crippen molar-refractivity contribution >= 4 is 33.8 Å². The highest BCUT2D eigenvalue weighted by molar-refractivity contribution is 7.19. The fourth-order valence-electron chi connectivity index (χ4n) is 1.76. The van der Waals surface area contributed by atoms with Gasteiger partial charge in [0.1, 0.15) is 9.88 Å². The SMILES string of the molecule is CCC(CC)Nc1sc(C(N)=O)c(N)c1C(=O)NC. The highest BCUT2D eigenvalue weighted by atomic mass is 32.1. The summed E-state index contributed by atoms with van der Waals surface area (Å²) >= 11 is 1.13. The predicted octanol–water partition coefficient (Wildman–Crippen LogP) is 1.39. The van der Waals surface area contributed by atoms with E-state index in [4.69, 9.17) is 11.5 Å². The van der Waals surface area contributed by atoms with Crippen molar-refractivity contribution < 1.29 is 9.59 Å². The Hall–Kier alpha value is -1.76. The summed E-state index contributed by atoms with van der Waals surface area (Å²) in [5, 5.41) is 6.36. The summed E-state index contributed by atoms with van der Waals surface area (Å²) in [5.74, 6) is -0.944. The molecule has 0 unspecified atom stereocenters. The van der Waals surface area contributed by atoms with Crippen LogP contribution in [-0.2, 0) is 0 Å². The Morgan fingerprint density at radius 2 is 1.89 bits per heavy atom. The quantitative estimate of drug-likeness (QED) is 0.632. The Bertz CT molecular complexity index is 480. The van der Waals surface area contributed by atoms with Gasteiger partial charge in [0.15, 0.2) is 0 Å². The number of thiophene rings is 1. The molecule has 0 bridgehead atoms. The van der Waals surface area contributed by atoms with Crippen LogP contribution in [0.3, 0.4) is 0 Å². The minimum absolute atomic E-state index is 0.144. The first kappa shape index (κ1) is 15.3. The van der Waals surface area contributed by atoms with Crippen LogP contribution >= 0.6 is 11.3 Å². The van der Waals surface area contributed by atoms with Gasteiger partial charge in [-0.1, -0.05) is 13.8 Å². The smallest absolute Gasteiger partial charge is 0.260 e. The summed E-state index contributed by atoms with van der Waals surface area (Å²) in [6.45, 7) is 4.10. The van der Waals surface area contributed by atoms with E-state index in [0.717, 1.165) is 24.2 Å². The average Bonchev–Trinajstić information content (AvgIpc) is 2.72. The molecule has 1 rings (SSSR count). The summed E-state index contributed by atoms with van der Waals surface area (Å²) in [6, 6.07) is 0.224. The maximum absolute atomic E-state index is 11.9. The number of rotatable bonds is 6. The molecule has 0 aromatic carbocycles. The van der Waals surface area contributed by atoms with Gasteiger partial charge in [0.25, 0.3) is 11.8 Å². The summed E-state index contributed by atoms with van der Waals surface area (Å²) in [4.78, 5) is 23.4. The van der Waals surface area contributed by atoms with Crippen molar-refractivity contribution in [3.63, 3.8) is 0 Å². The monoisotopic (exact) mass is 284 g/mol. The number of nitrogens with one attached hydrogen (secondary N) is 2. The molecule has 1 aromatic rings. The van der Waals surface area contributed by atoms with E-state index in [1.165, 1.54) is 7.05 Å². The van der Waals surface area contributed by atoms with E-state index in [2.05, 4.69) is 10.6 Å². The third kappa shape index (κ3) is 3.17. The Balaban J connectivity index is 3.24. The second-order valence-corrected chi connectivity index (χ2v) is 5.17. The number of hydrogen-bond donors (Lipinski definition) is 4. The summed E-state index contributed by atoms with van der Waals surface area (Å²) in [5.41, 5.74) is 11.6. The van der Waals surface area contributed by atoms with Crippen molar-refractivity contribution in [1.82, 2.24) is 5.32 Å². The molecule has 0 aliphatic carbocycles. The number of primary amides is 1. The zero-order chi connectivity index (χ0) is 14.6. The van der Waals surface area contributed by atoms with Crippen molar-refractivity contribution in [3.05, 3.63) is 10.4 Å². The van der Waals surface area contributed by atoms with Crippen LogP contribution in [0.25, 0.3) is 0 Å². The van der Waals surface area contributed by atoms with Crippen molar-refractivity contribution in [2.75, 3.05) is 18.1 Å². The molecular formula is C12H20N4O2S. The molecule has 1 aromatic heterocycles. The normalized spacial score (nSPS) is 10.5. The Kier molecular flexibility index (Phi) is 5.17. The lowest BCUT2D eigenvalue weighted by molar-refractivity contribution is 0.0964. The van der Waals surface area contributed by atoms with Gasteiger partial charge in [-0.15, -0.1) is 11.3 Å². The number of amides is 2. The van der Waals surface area contributed by atoms with Crippen LogP contribution in [0, 0.1) is 0 Å². The molecule has 0 saturated carbocycles. The highest BCUT2D eigenvalue weighted by Crippen LogP contribution is 2.36.